The molecule has 26 heavy (non-hydrogen) atoms. The number of fused-ring (bicyclic) bond motifs is 1. The van der Waals surface area contributed by atoms with Crippen molar-refractivity contribution in [3.63, 3.8) is 0 Å². The smallest absolute Gasteiger partial charge is 0.317 e. The van der Waals surface area contributed by atoms with Gasteiger partial charge in [-0.3, -0.25) is 28.8 Å². The largest absolute Gasteiger partial charge is 0.481 e. The monoisotopic (exact) mass is 370 g/mol. The molecule has 10 nitrogen and oxygen atoms in total. The van der Waals surface area contributed by atoms with Crippen molar-refractivity contribution in [1.82, 2.24) is 0 Å². The lowest BCUT2D eigenvalue weighted by atomic mass is 9.51. The zero-order chi connectivity index (χ0) is 20.6. The Morgan fingerprint density at radius 3 is 1.04 bits per heavy atom. The van der Waals surface area contributed by atoms with E-state index < -0.39 is 68.9 Å². The SMILES string of the molecule is CC1(C(=O)O)C(=O)C(C(=O)O)C2(C)C(C)(C(=O)O)C(=O)C(C(=O)O)C12C. The predicted octanol–water partition coefficient (Wildman–Crippen LogP) is -0.252. The lowest BCUT2D eigenvalue weighted by Gasteiger charge is -2.47. The van der Waals surface area contributed by atoms with Gasteiger partial charge in [-0.1, -0.05) is 13.8 Å². The fraction of sp³-hybridized carbons (Fsp3) is 0.625. The molecule has 0 spiro atoms. The predicted molar refractivity (Wildman–Crippen MR) is 80.0 cm³/mol. The van der Waals surface area contributed by atoms with E-state index in [1.807, 2.05) is 0 Å². The van der Waals surface area contributed by atoms with Crippen molar-refractivity contribution in [2.24, 2.45) is 33.5 Å². The molecule has 0 amide bonds. The van der Waals surface area contributed by atoms with Crippen molar-refractivity contribution in [2.45, 2.75) is 27.7 Å². The maximum atomic E-state index is 12.9. The van der Waals surface area contributed by atoms with Crippen LogP contribution in [0.5, 0.6) is 0 Å². The third-order valence-corrected chi connectivity index (χ3v) is 7.17. The fourth-order valence-electron chi connectivity index (χ4n) is 5.20. The number of carboxylic acid groups (broad SMARTS) is 4. The number of aliphatic carboxylic acids is 4. The van der Waals surface area contributed by atoms with E-state index in [2.05, 4.69) is 0 Å². The van der Waals surface area contributed by atoms with Crippen molar-refractivity contribution in [2.75, 3.05) is 0 Å². The highest BCUT2D eigenvalue weighted by Crippen LogP contribution is 2.77. The number of Topliss-reactive ketones (excluding diaryl/α,β-unsaturated/α-hetero) is 2. The maximum absolute atomic E-state index is 12.9. The fourth-order valence-corrected chi connectivity index (χ4v) is 5.20. The molecule has 142 valence electrons. The molecule has 0 aromatic carbocycles. The minimum Gasteiger partial charge on any atom is -0.481 e. The molecule has 0 aliphatic heterocycles. The van der Waals surface area contributed by atoms with Crippen molar-refractivity contribution in [3.05, 3.63) is 0 Å². The Balaban J connectivity index is 3.12. The van der Waals surface area contributed by atoms with E-state index in [9.17, 15) is 49.2 Å². The third kappa shape index (κ3) is 1.49. The summed E-state index contributed by atoms with van der Waals surface area (Å²) in [5, 5.41) is 38.6. The van der Waals surface area contributed by atoms with Crippen LogP contribution in [0.1, 0.15) is 27.7 Å². The van der Waals surface area contributed by atoms with Crippen LogP contribution in [0, 0.1) is 33.5 Å². The third-order valence-electron chi connectivity index (χ3n) is 7.17. The van der Waals surface area contributed by atoms with Crippen LogP contribution in [-0.2, 0) is 28.8 Å². The average Bonchev–Trinajstić information content (AvgIpc) is 2.72. The molecule has 6 unspecified atom stereocenters. The highest BCUT2D eigenvalue weighted by molar-refractivity contribution is 6.23. The van der Waals surface area contributed by atoms with Crippen molar-refractivity contribution < 1.29 is 49.2 Å². The topological polar surface area (TPSA) is 183 Å². The highest BCUT2D eigenvalue weighted by Gasteiger charge is 2.89. The van der Waals surface area contributed by atoms with E-state index in [1.165, 1.54) is 0 Å². The molecule has 6 atom stereocenters. The van der Waals surface area contributed by atoms with Gasteiger partial charge in [-0.25, -0.2) is 0 Å². The summed E-state index contributed by atoms with van der Waals surface area (Å²) in [5.41, 5.74) is -9.75. The summed E-state index contributed by atoms with van der Waals surface area (Å²) in [6, 6.07) is 0. The number of carbonyl (C=O) groups is 6. The molecule has 0 saturated heterocycles. The number of carbonyl (C=O) groups excluding carboxylic acids is 2. The first-order valence-corrected chi connectivity index (χ1v) is 7.60. The van der Waals surface area contributed by atoms with Crippen LogP contribution in [0.25, 0.3) is 0 Å². The zero-order valence-corrected chi connectivity index (χ0v) is 14.4. The van der Waals surface area contributed by atoms with Crippen molar-refractivity contribution >= 4 is 35.4 Å². The van der Waals surface area contributed by atoms with Gasteiger partial charge in [-0.15, -0.1) is 0 Å². The first-order chi connectivity index (χ1) is 11.6. The first kappa shape index (κ1) is 19.5. The zero-order valence-electron chi connectivity index (χ0n) is 14.4. The van der Waals surface area contributed by atoms with Crippen LogP contribution in [0.3, 0.4) is 0 Å². The standard InChI is InChI=1S/C16H18O10/c1-13(11(23)24)7(17)5(9(19)20)16(4)14(2,12(25)26)8(18)6(10(21)22)15(13,16)3/h5-6H,1-4H3,(H,19,20)(H,21,22)(H,23,24)(H,25,26). The van der Waals surface area contributed by atoms with Gasteiger partial charge < -0.3 is 20.4 Å². The molecule has 0 bridgehead atoms. The molecule has 2 aliphatic rings. The van der Waals surface area contributed by atoms with Gasteiger partial charge in [0.2, 0.25) is 0 Å². The maximum Gasteiger partial charge on any atom is 0.317 e. The van der Waals surface area contributed by atoms with Gasteiger partial charge in [0.05, 0.1) is 0 Å². The molecule has 10 heteroatoms. The van der Waals surface area contributed by atoms with Crippen LogP contribution >= 0.6 is 0 Å². The molecule has 0 aromatic heterocycles. The van der Waals surface area contributed by atoms with E-state index in [1.54, 1.807) is 0 Å². The van der Waals surface area contributed by atoms with Crippen LogP contribution in [0.15, 0.2) is 0 Å². The van der Waals surface area contributed by atoms with E-state index in [-0.39, 0.29) is 0 Å². The summed E-state index contributed by atoms with van der Waals surface area (Å²) >= 11 is 0. The number of rotatable bonds is 4. The molecule has 2 fully saturated rings. The lowest BCUT2D eigenvalue weighted by molar-refractivity contribution is -0.175. The van der Waals surface area contributed by atoms with Crippen LogP contribution < -0.4 is 0 Å². The minimum atomic E-state index is -2.59. The molecule has 0 radical (unpaired) electrons. The minimum absolute atomic E-state index is 0.857. The molecular weight excluding hydrogens is 352 g/mol. The van der Waals surface area contributed by atoms with E-state index in [0.29, 0.717) is 0 Å². The number of hydrogen-bond acceptors (Lipinski definition) is 6. The second kappa shape index (κ2) is 4.89. The summed E-state index contributed by atoms with van der Waals surface area (Å²) in [7, 11) is 0. The summed E-state index contributed by atoms with van der Waals surface area (Å²) in [4.78, 5) is 73.4. The van der Waals surface area contributed by atoms with Crippen molar-refractivity contribution in [3.8, 4) is 0 Å². The van der Waals surface area contributed by atoms with E-state index in [0.717, 1.165) is 27.7 Å². The Bertz CT molecular complexity index is 733. The van der Waals surface area contributed by atoms with Gasteiger partial charge in [0.15, 0.2) is 11.6 Å². The van der Waals surface area contributed by atoms with Gasteiger partial charge in [0, 0.05) is 10.8 Å². The quantitative estimate of drug-likeness (QED) is 0.481. The average molecular weight is 370 g/mol. The van der Waals surface area contributed by atoms with Gasteiger partial charge in [0.25, 0.3) is 0 Å². The van der Waals surface area contributed by atoms with Gasteiger partial charge in [0.1, 0.15) is 22.7 Å². The Labute approximate surface area is 146 Å². The van der Waals surface area contributed by atoms with Crippen LogP contribution in [-0.4, -0.2) is 55.9 Å². The van der Waals surface area contributed by atoms with Gasteiger partial charge >= 0.3 is 23.9 Å². The van der Waals surface area contributed by atoms with Gasteiger partial charge in [-0.05, 0) is 13.8 Å². The second-order valence-electron chi connectivity index (χ2n) is 7.54. The molecule has 2 rings (SSSR count). The summed E-state index contributed by atoms with van der Waals surface area (Å²) in [6.45, 7) is 3.73. The van der Waals surface area contributed by atoms with E-state index >= 15 is 0 Å². The Hall–Kier alpha value is -2.78. The molecule has 2 saturated carbocycles. The molecule has 0 heterocycles. The van der Waals surface area contributed by atoms with Crippen LogP contribution in [0.4, 0.5) is 0 Å². The van der Waals surface area contributed by atoms with Crippen LogP contribution in [0.2, 0.25) is 0 Å². The van der Waals surface area contributed by atoms with E-state index in [4.69, 9.17) is 0 Å². The molecular formula is C16H18O10. The van der Waals surface area contributed by atoms with Crippen molar-refractivity contribution in [1.29, 1.82) is 0 Å². The molecule has 2 aliphatic carbocycles. The normalized spacial score (nSPS) is 44.6. The molecule has 0 aromatic rings. The highest BCUT2D eigenvalue weighted by atomic mass is 16.4. The summed E-state index contributed by atoms with van der Waals surface area (Å²) in [5.74, 6) is -14.2. The number of carboxylic acids is 4. The number of hydrogen-bond donors (Lipinski definition) is 4. The summed E-state index contributed by atoms with van der Waals surface area (Å²) < 4.78 is 0. The first-order valence-electron chi connectivity index (χ1n) is 7.60. The second-order valence-corrected chi connectivity index (χ2v) is 7.54. The Morgan fingerprint density at radius 1 is 0.654 bits per heavy atom. The molecule has 4 N–H and O–H groups in total. The van der Waals surface area contributed by atoms with Gasteiger partial charge in [-0.2, -0.15) is 0 Å². The summed E-state index contributed by atoms with van der Waals surface area (Å²) in [6.07, 6.45) is 0. The lowest BCUT2D eigenvalue weighted by Crippen LogP contribution is -2.55. The Morgan fingerprint density at radius 2 is 0.885 bits per heavy atom. The Kier molecular flexibility index (Phi) is 3.68. The number of ketones is 2.